The van der Waals surface area contributed by atoms with Gasteiger partial charge in [-0.25, -0.2) is 4.99 Å². The first kappa shape index (κ1) is 18.7. The van der Waals surface area contributed by atoms with Gasteiger partial charge in [0.15, 0.2) is 5.17 Å². The maximum atomic E-state index is 12.5. The van der Waals surface area contributed by atoms with Gasteiger partial charge in [0.1, 0.15) is 0 Å². The van der Waals surface area contributed by atoms with Gasteiger partial charge in [-0.15, -0.1) is 0 Å². The molecular formula is C24H16ClN3OS. The first-order chi connectivity index (χ1) is 14.7. The van der Waals surface area contributed by atoms with E-state index in [1.54, 1.807) is 12.1 Å². The number of nitrogens with zero attached hydrogens (tertiary/aromatic N) is 2. The summed E-state index contributed by atoms with van der Waals surface area (Å²) in [5.41, 5.74) is 2.67. The molecule has 1 saturated heterocycles. The van der Waals surface area contributed by atoms with Gasteiger partial charge in [-0.1, -0.05) is 48.0 Å². The van der Waals surface area contributed by atoms with Crippen LogP contribution in [0.25, 0.3) is 22.5 Å². The Morgan fingerprint density at radius 3 is 2.67 bits per heavy atom. The van der Waals surface area contributed by atoms with Crippen molar-refractivity contribution in [1.82, 2.24) is 9.88 Å². The molecule has 5 rings (SSSR count). The Bertz CT molecular complexity index is 1340. The minimum atomic E-state index is -0.160. The van der Waals surface area contributed by atoms with Crippen molar-refractivity contribution in [2.75, 3.05) is 0 Å². The van der Waals surface area contributed by atoms with Crippen molar-refractivity contribution in [3.63, 3.8) is 0 Å². The number of fused-ring (bicyclic) bond motifs is 1. The van der Waals surface area contributed by atoms with Crippen LogP contribution in [0.3, 0.4) is 0 Å². The third-order valence-electron chi connectivity index (χ3n) is 4.76. The quantitative estimate of drug-likeness (QED) is 0.395. The number of thioether (sulfide) groups is 1. The maximum Gasteiger partial charge on any atom is 0.264 e. The number of nitrogens with one attached hydrogen (secondary N) is 1. The van der Waals surface area contributed by atoms with Crippen molar-refractivity contribution in [2.45, 2.75) is 0 Å². The molecule has 1 N–H and O–H groups in total. The average Bonchev–Trinajstić information content (AvgIpc) is 3.34. The Balaban J connectivity index is 1.46. The van der Waals surface area contributed by atoms with Gasteiger partial charge in [0.05, 0.1) is 10.6 Å². The molecule has 4 nitrogen and oxygen atoms in total. The molecule has 0 bridgehead atoms. The zero-order valence-electron chi connectivity index (χ0n) is 15.7. The molecule has 0 aliphatic carbocycles. The van der Waals surface area contributed by atoms with Crippen LogP contribution in [0.1, 0.15) is 5.69 Å². The van der Waals surface area contributed by atoms with E-state index in [0.29, 0.717) is 20.8 Å². The number of amides is 1. The van der Waals surface area contributed by atoms with E-state index in [1.165, 1.54) is 22.5 Å². The summed E-state index contributed by atoms with van der Waals surface area (Å²) >= 11 is 7.34. The molecule has 30 heavy (non-hydrogen) atoms. The number of carbonyl (C=O) groups is 1. The van der Waals surface area contributed by atoms with E-state index in [2.05, 4.69) is 45.2 Å². The van der Waals surface area contributed by atoms with Crippen LogP contribution in [0.5, 0.6) is 0 Å². The number of benzene rings is 3. The molecule has 4 aromatic rings. The molecule has 1 amide bonds. The monoisotopic (exact) mass is 429 g/mol. The van der Waals surface area contributed by atoms with E-state index < -0.39 is 0 Å². The molecule has 1 aliphatic rings. The van der Waals surface area contributed by atoms with Gasteiger partial charge < -0.3 is 9.88 Å². The number of hydrogen-bond acceptors (Lipinski definition) is 3. The third-order valence-corrected chi connectivity index (χ3v) is 5.91. The SMILES string of the molecule is O=C1NC(=Nc2cccc(Cl)c2)S/C1=C\c1cccn1-c1ccc2ccccc2c1. The minimum absolute atomic E-state index is 0.160. The number of aliphatic imine (C=N–C) groups is 1. The van der Waals surface area contributed by atoms with Crippen molar-refractivity contribution in [3.8, 4) is 5.69 Å². The van der Waals surface area contributed by atoms with E-state index in [9.17, 15) is 4.79 Å². The highest BCUT2D eigenvalue weighted by atomic mass is 35.5. The van der Waals surface area contributed by atoms with Crippen LogP contribution in [0, 0.1) is 0 Å². The van der Waals surface area contributed by atoms with Crippen LogP contribution in [0.4, 0.5) is 5.69 Å². The lowest BCUT2D eigenvalue weighted by molar-refractivity contribution is -0.115. The second kappa shape index (κ2) is 7.86. The summed E-state index contributed by atoms with van der Waals surface area (Å²) in [6.07, 6.45) is 3.88. The molecule has 0 saturated carbocycles. The first-order valence-electron chi connectivity index (χ1n) is 9.37. The summed E-state index contributed by atoms with van der Waals surface area (Å²) in [4.78, 5) is 17.5. The van der Waals surface area contributed by atoms with Gasteiger partial charge >= 0.3 is 0 Å². The highest BCUT2D eigenvalue weighted by Crippen LogP contribution is 2.30. The second-order valence-corrected chi connectivity index (χ2v) is 8.26. The standard InChI is InChI=1S/C24H16ClN3OS/c25-18-7-3-8-19(14-18)26-24-27-23(29)22(30-24)15-20-9-4-12-28(20)21-11-10-16-5-1-2-6-17(16)13-21/h1-15H,(H,26,27,29)/b22-15-. The Morgan fingerprint density at radius 1 is 0.933 bits per heavy atom. The molecule has 0 unspecified atom stereocenters. The summed E-state index contributed by atoms with van der Waals surface area (Å²) in [5, 5.41) is 6.33. The fourth-order valence-electron chi connectivity index (χ4n) is 3.35. The van der Waals surface area contributed by atoms with Crippen molar-refractivity contribution < 1.29 is 4.79 Å². The predicted octanol–water partition coefficient (Wildman–Crippen LogP) is 6.18. The van der Waals surface area contributed by atoms with Crippen molar-refractivity contribution >= 4 is 57.0 Å². The topological polar surface area (TPSA) is 46.4 Å². The Morgan fingerprint density at radius 2 is 1.80 bits per heavy atom. The molecule has 6 heteroatoms. The minimum Gasteiger partial charge on any atom is -0.317 e. The fraction of sp³-hybridized carbons (Fsp3) is 0. The lowest BCUT2D eigenvalue weighted by Gasteiger charge is -2.08. The molecule has 2 heterocycles. The third kappa shape index (κ3) is 3.77. The van der Waals surface area contributed by atoms with Gasteiger partial charge in [0, 0.05) is 22.6 Å². The molecule has 0 spiro atoms. The van der Waals surface area contributed by atoms with E-state index >= 15 is 0 Å². The molecule has 0 atom stereocenters. The average molecular weight is 430 g/mol. The van der Waals surface area contributed by atoms with Gasteiger partial charge in [-0.3, -0.25) is 4.79 Å². The number of carbonyl (C=O) groups excluding carboxylic acids is 1. The zero-order chi connectivity index (χ0) is 20.5. The van der Waals surface area contributed by atoms with E-state index in [4.69, 9.17) is 11.6 Å². The molecule has 1 fully saturated rings. The summed E-state index contributed by atoms with van der Waals surface area (Å²) < 4.78 is 2.07. The van der Waals surface area contributed by atoms with Crippen LogP contribution in [0.15, 0.2) is 95.0 Å². The predicted molar refractivity (Wildman–Crippen MR) is 126 cm³/mol. The number of halogens is 1. The fourth-order valence-corrected chi connectivity index (χ4v) is 4.36. The molecule has 1 aliphatic heterocycles. The summed E-state index contributed by atoms with van der Waals surface area (Å²) in [6.45, 7) is 0. The molecule has 146 valence electrons. The summed E-state index contributed by atoms with van der Waals surface area (Å²) in [6, 6.07) is 25.8. The number of rotatable bonds is 3. The van der Waals surface area contributed by atoms with Gasteiger partial charge in [0.25, 0.3) is 5.91 Å². The summed E-state index contributed by atoms with van der Waals surface area (Å²) in [7, 11) is 0. The maximum absolute atomic E-state index is 12.5. The van der Waals surface area contributed by atoms with Crippen molar-refractivity contribution in [3.05, 3.63) is 101 Å². The molecule has 1 aromatic heterocycles. The van der Waals surface area contributed by atoms with E-state index in [-0.39, 0.29) is 5.91 Å². The second-order valence-electron chi connectivity index (χ2n) is 6.80. The smallest absolute Gasteiger partial charge is 0.264 e. The van der Waals surface area contributed by atoms with E-state index in [0.717, 1.165) is 11.4 Å². The highest BCUT2D eigenvalue weighted by molar-refractivity contribution is 8.18. The molecular weight excluding hydrogens is 414 g/mol. The largest absolute Gasteiger partial charge is 0.317 e. The Kier molecular flexibility index (Phi) is 4.91. The van der Waals surface area contributed by atoms with Crippen LogP contribution in [-0.4, -0.2) is 15.6 Å². The lowest BCUT2D eigenvalue weighted by Crippen LogP contribution is -2.19. The van der Waals surface area contributed by atoms with Gasteiger partial charge in [0.2, 0.25) is 0 Å². The number of amidine groups is 1. The van der Waals surface area contributed by atoms with Crippen molar-refractivity contribution in [2.24, 2.45) is 4.99 Å². The van der Waals surface area contributed by atoms with Crippen LogP contribution < -0.4 is 5.32 Å². The van der Waals surface area contributed by atoms with Crippen LogP contribution in [-0.2, 0) is 4.79 Å². The van der Waals surface area contributed by atoms with Gasteiger partial charge in [-0.2, -0.15) is 0 Å². The normalized spacial score (nSPS) is 16.5. The Hall–Kier alpha value is -3.28. The number of aromatic nitrogens is 1. The Labute approximate surface area is 182 Å². The number of hydrogen-bond donors (Lipinski definition) is 1. The lowest BCUT2D eigenvalue weighted by atomic mass is 10.1. The molecule has 0 radical (unpaired) electrons. The van der Waals surface area contributed by atoms with Crippen LogP contribution in [0.2, 0.25) is 5.02 Å². The van der Waals surface area contributed by atoms with Crippen LogP contribution >= 0.6 is 23.4 Å². The highest BCUT2D eigenvalue weighted by Gasteiger charge is 2.24. The zero-order valence-corrected chi connectivity index (χ0v) is 17.3. The van der Waals surface area contributed by atoms with Gasteiger partial charge in [-0.05, 0) is 71.1 Å². The first-order valence-corrected chi connectivity index (χ1v) is 10.6. The molecule has 3 aromatic carbocycles. The van der Waals surface area contributed by atoms with Crippen molar-refractivity contribution in [1.29, 1.82) is 0 Å². The van der Waals surface area contributed by atoms with E-state index in [1.807, 2.05) is 48.7 Å². The summed E-state index contributed by atoms with van der Waals surface area (Å²) in [5.74, 6) is -0.160.